The molecule has 0 saturated carbocycles. The fourth-order valence-corrected chi connectivity index (χ4v) is 2.74. The predicted molar refractivity (Wildman–Crippen MR) is 70.0 cm³/mol. The second-order valence-corrected chi connectivity index (χ2v) is 5.80. The lowest BCUT2D eigenvalue weighted by Gasteiger charge is -2.09. The van der Waals surface area contributed by atoms with Gasteiger partial charge in [0.25, 0.3) is 10.0 Å². The zero-order chi connectivity index (χ0) is 13.3. The summed E-state index contributed by atoms with van der Waals surface area (Å²) in [4.78, 5) is 0.0109. The lowest BCUT2D eigenvalue weighted by Crippen LogP contribution is -2.13. The first-order valence-electron chi connectivity index (χ1n) is 4.97. The highest BCUT2D eigenvalue weighted by Crippen LogP contribution is 2.26. The number of aromatic amines is 1. The van der Waals surface area contributed by atoms with E-state index in [9.17, 15) is 8.42 Å². The zero-order valence-corrected chi connectivity index (χ0v) is 11.0. The number of aromatic nitrogens is 2. The molecular weight excluding hydrogens is 276 g/mol. The van der Waals surface area contributed by atoms with Crippen molar-refractivity contribution in [3.05, 3.63) is 35.1 Å². The van der Waals surface area contributed by atoms with Crippen LogP contribution in [0.4, 0.5) is 11.4 Å². The molecule has 0 bridgehead atoms. The number of H-pyrrole nitrogens is 1. The number of benzene rings is 1. The van der Waals surface area contributed by atoms with E-state index in [0.29, 0.717) is 22.0 Å². The number of anilines is 2. The van der Waals surface area contributed by atoms with Crippen molar-refractivity contribution in [2.45, 2.75) is 11.8 Å². The molecular formula is C10H11ClN4O2S. The first-order chi connectivity index (χ1) is 8.40. The number of hydrogen-bond acceptors (Lipinski definition) is 4. The molecule has 0 atom stereocenters. The van der Waals surface area contributed by atoms with Crippen LogP contribution in [-0.4, -0.2) is 18.6 Å². The lowest BCUT2D eigenvalue weighted by molar-refractivity contribution is 0.601. The van der Waals surface area contributed by atoms with Crippen LogP contribution in [0.5, 0.6) is 0 Å². The van der Waals surface area contributed by atoms with E-state index in [0.717, 1.165) is 0 Å². The summed E-state index contributed by atoms with van der Waals surface area (Å²) < 4.78 is 26.4. The Bertz CT molecular complexity index is 644. The summed E-state index contributed by atoms with van der Waals surface area (Å²) in [7, 11) is -3.72. The minimum atomic E-state index is -3.72. The Balaban J connectivity index is 2.42. The van der Waals surface area contributed by atoms with Gasteiger partial charge in [-0.2, -0.15) is 5.10 Å². The van der Waals surface area contributed by atoms with Crippen molar-refractivity contribution in [1.29, 1.82) is 0 Å². The normalized spacial score (nSPS) is 11.4. The molecule has 2 aromatic rings. The quantitative estimate of drug-likeness (QED) is 0.748. The Labute approximate surface area is 109 Å². The SMILES string of the molecule is Cc1c(N)cc(S(=O)(=O)Nc2cn[nH]c2)cc1Cl. The van der Waals surface area contributed by atoms with Crippen LogP contribution >= 0.6 is 11.6 Å². The molecule has 6 nitrogen and oxygen atoms in total. The summed E-state index contributed by atoms with van der Waals surface area (Å²) in [5.41, 5.74) is 7.02. The molecule has 1 aromatic carbocycles. The summed E-state index contributed by atoms with van der Waals surface area (Å²) in [6, 6.07) is 2.72. The number of halogens is 1. The van der Waals surface area contributed by atoms with Crippen LogP contribution < -0.4 is 10.5 Å². The summed E-state index contributed by atoms with van der Waals surface area (Å²) in [6.07, 6.45) is 2.79. The predicted octanol–water partition coefficient (Wildman–Crippen LogP) is 1.75. The van der Waals surface area contributed by atoms with Crippen LogP contribution in [0.2, 0.25) is 5.02 Å². The van der Waals surface area contributed by atoms with Gasteiger partial charge in [0, 0.05) is 16.9 Å². The number of nitrogens with zero attached hydrogens (tertiary/aromatic N) is 1. The third kappa shape index (κ3) is 2.41. The molecule has 2 rings (SSSR count). The van der Waals surface area contributed by atoms with Gasteiger partial charge in [-0.15, -0.1) is 0 Å². The Morgan fingerprint density at radius 2 is 2.17 bits per heavy atom. The van der Waals surface area contributed by atoms with Crippen molar-refractivity contribution in [2.75, 3.05) is 10.5 Å². The van der Waals surface area contributed by atoms with Gasteiger partial charge < -0.3 is 5.73 Å². The van der Waals surface area contributed by atoms with Crippen LogP contribution in [0.3, 0.4) is 0 Å². The van der Waals surface area contributed by atoms with Crippen molar-refractivity contribution in [2.24, 2.45) is 0 Å². The van der Waals surface area contributed by atoms with Gasteiger partial charge in [-0.1, -0.05) is 11.6 Å². The number of nitrogen functional groups attached to an aromatic ring is 1. The van der Waals surface area contributed by atoms with Gasteiger partial charge in [-0.25, -0.2) is 8.42 Å². The van der Waals surface area contributed by atoms with Gasteiger partial charge in [0.15, 0.2) is 0 Å². The molecule has 0 aliphatic heterocycles. The molecule has 96 valence electrons. The summed E-state index contributed by atoms with van der Waals surface area (Å²) in [5, 5.41) is 6.46. The largest absolute Gasteiger partial charge is 0.398 e. The number of nitrogens with one attached hydrogen (secondary N) is 2. The third-order valence-corrected chi connectivity index (χ3v) is 4.17. The average Bonchev–Trinajstić information content (AvgIpc) is 2.77. The minimum Gasteiger partial charge on any atom is -0.398 e. The number of sulfonamides is 1. The Morgan fingerprint density at radius 1 is 1.44 bits per heavy atom. The Morgan fingerprint density at radius 3 is 2.72 bits per heavy atom. The highest BCUT2D eigenvalue weighted by atomic mass is 35.5. The monoisotopic (exact) mass is 286 g/mol. The minimum absolute atomic E-state index is 0.0109. The smallest absolute Gasteiger partial charge is 0.262 e. The molecule has 0 saturated heterocycles. The van der Waals surface area contributed by atoms with Gasteiger partial charge in [-0.05, 0) is 24.6 Å². The van der Waals surface area contributed by atoms with Crippen LogP contribution in [0.15, 0.2) is 29.4 Å². The van der Waals surface area contributed by atoms with Crippen LogP contribution in [0.25, 0.3) is 0 Å². The van der Waals surface area contributed by atoms with E-state index in [-0.39, 0.29) is 4.90 Å². The van der Waals surface area contributed by atoms with E-state index in [4.69, 9.17) is 17.3 Å². The first kappa shape index (κ1) is 12.7. The maximum absolute atomic E-state index is 12.0. The molecule has 0 aliphatic rings. The van der Waals surface area contributed by atoms with Crippen molar-refractivity contribution in [1.82, 2.24) is 10.2 Å². The number of hydrogen-bond donors (Lipinski definition) is 3. The summed E-state index contributed by atoms with van der Waals surface area (Å²) in [5.74, 6) is 0. The number of rotatable bonds is 3. The van der Waals surface area contributed by atoms with Gasteiger partial charge in [0.2, 0.25) is 0 Å². The molecule has 1 heterocycles. The molecule has 8 heteroatoms. The summed E-state index contributed by atoms with van der Waals surface area (Å²) in [6.45, 7) is 1.72. The topological polar surface area (TPSA) is 101 Å². The van der Waals surface area contributed by atoms with Crippen LogP contribution in [0.1, 0.15) is 5.56 Å². The van der Waals surface area contributed by atoms with E-state index < -0.39 is 10.0 Å². The fourth-order valence-electron chi connectivity index (χ4n) is 1.35. The first-order valence-corrected chi connectivity index (χ1v) is 6.83. The summed E-state index contributed by atoms with van der Waals surface area (Å²) >= 11 is 5.92. The Hall–Kier alpha value is -1.73. The third-order valence-electron chi connectivity index (χ3n) is 2.42. The van der Waals surface area contributed by atoms with E-state index in [2.05, 4.69) is 14.9 Å². The molecule has 4 N–H and O–H groups in total. The standard InChI is InChI=1S/C10H11ClN4O2S/c1-6-9(11)2-8(3-10(6)12)18(16,17)15-7-4-13-14-5-7/h2-5,15H,12H2,1H3,(H,13,14). The second-order valence-electron chi connectivity index (χ2n) is 3.71. The maximum atomic E-state index is 12.0. The van der Waals surface area contributed by atoms with Crippen molar-refractivity contribution in [3.8, 4) is 0 Å². The van der Waals surface area contributed by atoms with Gasteiger partial charge in [-0.3, -0.25) is 9.82 Å². The molecule has 0 aliphatic carbocycles. The van der Waals surface area contributed by atoms with E-state index in [1.54, 1.807) is 6.92 Å². The molecule has 0 amide bonds. The highest BCUT2D eigenvalue weighted by Gasteiger charge is 2.17. The zero-order valence-electron chi connectivity index (χ0n) is 9.44. The van der Waals surface area contributed by atoms with Gasteiger partial charge in [0.05, 0.1) is 16.8 Å². The van der Waals surface area contributed by atoms with Crippen LogP contribution in [-0.2, 0) is 10.0 Å². The van der Waals surface area contributed by atoms with Crippen molar-refractivity contribution >= 4 is 33.0 Å². The fraction of sp³-hybridized carbons (Fsp3) is 0.100. The highest BCUT2D eigenvalue weighted by molar-refractivity contribution is 7.92. The molecule has 1 aromatic heterocycles. The van der Waals surface area contributed by atoms with Gasteiger partial charge >= 0.3 is 0 Å². The van der Waals surface area contributed by atoms with E-state index >= 15 is 0 Å². The molecule has 0 fully saturated rings. The van der Waals surface area contributed by atoms with Crippen LogP contribution in [0, 0.1) is 6.92 Å². The molecule has 0 spiro atoms. The van der Waals surface area contributed by atoms with E-state index in [1.807, 2.05) is 0 Å². The second kappa shape index (κ2) is 4.51. The Kier molecular flexibility index (Phi) is 3.18. The van der Waals surface area contributed by atoms with Crippen molar-refractivity contribution < 1.29 is 8.42 Å². The van der Waals surface area contributed by atoms with E-state index in [1.165, 1.54) is 24.5 Å². The van der Waals surface area contributed by atoms with Gasteiger partial charge in [0.1, 0.15) is 0 Å². The molecule has 0 unspecified atom stereocenters. The number of nitrogens with two attached hydrogens (primary N) is 1. The lowest BCUT2D eigenvalue weighted by atomic mass is 10.2. The molecule has 18 heavy (non-hydrogen) atoms. The maximum Gasteiger partial charge on any atom is 0.262 e. The molecule has 0 radical (unpaired) electrons. The average molecular weight is 287 g/mol. The van der Waals surface area contributed by atoms with Crippen molar-refractivity contribution in [3.63, 3.8) is 0 Å².